The number of benzene rings is 2. The van der Waals surface area contributed by atoms with Gasteiger partial charge in [0.2, 0.25) is 11.8 Å². The van der Waals surface area contributed by atoms with Crippen LogP contribution >= 0.6 is 11.6 Å². The lowest BCUT2D eigenvalue weighted by Crippen LogP contribution is -2.51. The van der Waals surface area contributed by atoms with Crippen molar-refractivity contribution in [2.75, 3.05) is 0 Å². The van der Waals surface area contributed by atoms with Gasteiger partial charge in [-0.2, -0.15) is 0 Å². The van der Waals surface area contributed by atoms with Crippen LogP contribution in [0.15, 0.2) is 48.5 Å². The number of carbonyl (C=O) groups is 2. The fourth-order valence-corrected chi connectivity index (χ4v) is 4.94. The molecule has 0 saturated heterocycles. The highest BCUT2D eigenvalue weighted by atomic mass is 35.5. The SMILES string of the molecule is CC[C@@H](C(=O)NC1CCCCC1)N(Cc1ccc(Cl)cc1)C(=O)CCc1ccc(C(C)(C)C)cc1. The molecular formula is C30H41ClN2O2. The van der Waals surface area contributed by atoms with Crippen LogP contribution in [0, 0.1) is 0 Å². The van der Waals surface area contributed by atoms with Crippen LogP contribution in [0.2, 0.25) is 5.02 Å². The fourth-order valence-electron chi connectivity index (χ4n) is 4.82. The van der Waals surface area contributed by atoms with Crippen LogP contribution < -0.4 is 5.32 Å². The predicted molar refractivity (Wildman–Crippen MR) is 145 cm³/mol. The van der Waals surface area contributed by atoms with Crippen molar-refractivity contribution < 1.29 is 9.59 Å². The summed E-state index contributed by atoms with van der Waals surface area (Å²) >= 11 is 6.07. The zero-order chi connectivity index (χ0) is 25.4. The monoisotopic (exact) mass is 496 g/mol. The van der Waals surface area contributed by atoms with Gasteiger partial charge in [0, 0.05) is 24.0 Å². The van der Waals surface area contributed by atoms with Gasteiger partial charge in [-0.15, -0.1) is 0 Å². The smallest absolute Gasteiger partial charge is 0.243 e. The molecule has 1 saturated carbocycles. The molecule has 1 aliphatic rings. The molecule has 1 atom stereocenters. The van der Waals surface area contributed by atoms with Crippen molar-refractivity contribution in [2.45, 2.75) is 103 Å². The van der Waals surface area contributed by atoms with Gasteiger partial charge in [-0.05, 0) is 59.9 Å². The van der Waals surface area contributed by atoms with E-state index in [0.717, 1.165) is 36.8 Å². The van der Waals surface area contributed by atoms with Gasteiger partial charge in [0.05, 0.1) is 0 Å². The molecule has 0 bridgehead atoms. The maximum absolute atomic E-state index is 13.5. The van der Waals surface area contributed by atoms with Crippen LogP contribution in [-0.4, -0.2) is 28.8 Å². The minimum Gasteiger partial charge on any atom is -0.352 e. The van der Waals surface area contributed by atoms with Crippen LogP contribution in [0.4, 0.5) is 0 Å². The van der Waals surface area contributed by atoms with Crippen molar-refractivity contribution in [1.29, 1.82) is 0 Å². The zero-order valence-electron chi connectivity index (χ0n) is 21.8. The lowest BCUT2D eigenvalue weighted by molar-refractivity contribution is -0.141. The minimum atomic E-state index is -0.483. The highest BCUT2D eigenvalue weighted by Gasteiger charge is 2.30. The molecule has 1 N–H and O–H groups in total. The molecule has 1 aliphatic carbocycles. The largest absolute Gasteiger partial charge is 0.352 e. The Balaban J connectivity index is 1.73. The topological polar surface area (TPSA) is 49.4 Å². The van der Waals surface area contributed by atoms with Crippen molar-refractivity contribution in [3.8, 4) is 0 Å². The number of halogens is 1. The molecule has 1 fully saturated rings. The normalized spacial score (nSPS) is 15.5. The second kappa shape index (κ2) is 12.6. The van der Waals surface area contributed by atoms with Gasteiger partial charge in [-0.1, -0.05) is 95.0 Å². The Kier molecular flexibility index (Phi) is 9.80. The van der Waals surface area contributed by atoms with E-state index in [2.05, 4.69) is 50.4 Å². The molecule has 2 aromatic rings. The summed E-state index contributed by atoms with van der Waals surface area (Å²) in [6, 6.07) is 15.8. The Morgan fingerprint density at radius 2 is 1.57 bits per heavy atom. The van der Waals surface area contributed by atoms with Gasteiger partial charge in [0.15, 0.2) is 0 Å². The van der Waals surface area contributed by atoms with Gasteiger partial charge < -0.3 is 10.2 Å². The van der Waals surface area contributed by atoms with Gasteiger partial charge in [0.1, 0.15) is 6.04 Å². The molecule has 0 aliphatic heterocycles. The number of aryl methyl sites for hydroxylation is 1. The lowest BCUT2D eigenvalue weighted by atomic mass is 9.86. The molecule has 0 spiro atoms. The summed E-state index contributed by atoms with van der Waals surface area (Å²) < 4.78 is 0. The van der Waals surface area contributed by atoms with Crippen LogP contribution in [0.3, 0.4) is 0 Å². The molecule has 0 aromatic heterocycles. The molecule has 35 heavy (non-hydrogen) atoms. The summed E-state index contributed by atoms with van der Waals surface area (Å²) in [6.45, 7) is 8.98. The van der Waals surface area contributed by atoms with Crippen molar-refractivity contribution in [3.63, 3.8) is 0 Å². The summed E-state index contributed by atoms with van der Waals surface area (Å²) in [4.78, 5) is 28.6. The van der Waals surface area contributed by atoms with Crippen LogP contribution in [0.5, 0.6) is 0 Å². The van der Waals surface area contributed by atoms with E-state index in [9.17, 15) is 9.59 Å². The van der Waals surface area contributed by atoms with E-state index in [1.165, 1.54) is 12.0 Å². The van der Waals surface area contributed by atoms with E-state index < -0.39 is 6.04 Å². The fraction of sp³-hybridized carbons (Fsp3) is 0.533. The first-order valence-electron chi connectivity index (χ1n) is 13.1. The molecule has 4 nitrogen and oxygen atoms in total. The molecule has 0 heterocycles. The van der Waals surface area contributed by atoms with E-state index in [0.29, 0.717) is 30.8 Å². The Labute approximate surface area is 216 Å². The molecule has 0 unspecified atom stereocenters. The molecule has 5 heteroatoms. The lowest BCUT2D eigenvalue weighted by Gasteiger charge is -2.33. The van der Waals surface area contributed by atoms with Crippen molar-refractivity contribution in [1.82, 2.24) is 10.2 Å². The van der Waals surface area contributed by atoms with Crippen LogP contribution in [-0.2, 0) is 28.0 Å². The highest BCUT2D eigenvalue weighted by molar-refractivity contribution is 6.30. The van der Waals surface area contributed by atoms with Crippen molar-refractivity contribution >= 4 is 23.4 Å². The molecule has 0 radical (unpaired) electrons. The van der Waals surface area contributed by atoms with Crippen molar-refractivity contribution in [3.05, 3.63) is 70.2 Å². The second-order valence-corrected chi connectivity index (χ2v) is 11.3. The van der Waals surface area contributed by atoms with Gasteiger partial charge in [-0.25, -0.2) is 0 Å². The van der Waals surface area contributed by atoms with Gasteiger partial charge in [-0.3, -0.25) is 9.59 Å². The summed E-state index contributed by atoms with van der Waals surface area (Å²) in [5.74, 6) is -0.0262. The first-order chi connectivity index (χ1) is 16.7. The minimum absolute atomic E-state index is 0.00509. The maximum Gasteiger partial charge on any atom is 0.243 e. The van der Waals surface area contributed by atoms with E-state index in [-0.39, 0.29) is 23.3 Å². The molecule has 3 rings (SSSR count). The predicted octanol–water partition coefficient (Wildman–Crippen LogP) is 6.83. The Morgan fingerprint density at radius 3 is 2.14 bits per heavy atom. The van der Waals surface area contributed by atoms with E-state index in [1.807, 2.05) is 31.2 Å². The third-order valence-electron chi connectivity index (χ3n) is 7.05. The van der Waals surface area contributed by atoms with Crippen LogP contribution in [0.25, 0.3) is 0 Å². The summed E-state index contributed by atoms with van der Waals surface area (Å²) in [7, 11) is 0. The average Bonchev–Trinajstić information content (AvgIpc) is 2.84. The van der Waals surface area contributed by atoms with E-state index >= 15 is 0 Å². The summed E-state index contributed by atoms with van der Waals surface area (Å²) in [5, 5.41) is 3.90. The van der Waals surface area contributed by atoms with E-state index in [1.54, 1.807) is 4.90 Å². The molecule has 190 valence electrons. The number of rotatable bonds is 9. The summed E-state index contributed by atoms with van der Waals surface area (Å²) in [6.07, 6.45) is 7.21. The highest BCUT2D eigenvalue weighted by Crippen LogP contribution is 2.23. The average molecular weight is 497 g/mol. The second-order valence-electron chi connectivity index (χ2n) is 10.9. The first-order valence-corrected chi connectivity index (χ1v) is 13.5. The Hall–Kier alpha value is -2.33. The Bertz CT molecular complexity index is 957. The maximum atomic E-state index is 13.5. The van der Waals surface area contributed by atoms with Crippen molar-refractivity contribution in [2.24, 2.45) is 0 Å². The third kappa shape index (κ3) is 8.10. The van der Waals surface area contributed by atoms with Gasteiger partial charge >= 0.3 is 0 Å². The zero-order valence-corrected chi connectivity index (χ0v) is 22.5. The number of nitrogens with one attached hydrogen (secondary N) is 1. The quantitative estimate of drug-likeness (QED) is 0.413. The third-order valence-corrected chi connectivity index (χ3v) is 7.30. The van der Waals surface area contributed by atoms with E-state index in [4.69, 9.17) is 11.6 Å². The Morgan fingerprint density at radius 1 is 0.971 bits per heavy atom. The first kappa shape index (κ1) is 27.3. The molecular weight excluding hydrogens is 456 g/mol. The number of hydrogen-bond acceptors (Lipinski definition) is 2. The number of amides is 2. The number of nitrogens with zero attached hydrogens (tertiary/aromatic N) is 1. The standard InChI is InChI=1S/C30H41ClN2O2/c1-5-27(29(35)32-26-9-7-6-8-10-26)33(21-23-13-18-25(31)19-14-23)28(34)20-15-22-11-16-24(17-12-22)30(2,3)4/h11-14,16-19,26-27H,5-10,15,20-21H2,1-4H3,(H,32,35)/t27-/m0/s1. The molecule has 2 amide bonds. The number of carbonyl (C=O) groups excluding carboxylic acids is 2. The van der Waals surface area contributed by atoms with Crippen LogP contribution in [0.1, 0.15) is 89.3 Å². The molecule has 2 aromatic carbocycles. The number of hydrogen-bond donors (Lipinski definition) is 1. The summed E-state index contributed by atoms with van der Waals surface area (Å²) in [5.41, 5.74) is 3.49. The van der Waals surface area contributed by atoms with Gasteiger partial charge in [0.25, 0.3) is 0 Å².